The van der Waals surface area contributed by atoms with Crippen molar-refractivity contribution in [3.05, 3.63) is 12.0 Å². The normalized spacial score (nSPS) is 18.1. The van der Waals surface area contributed by atoms with Crippen molar-refractivity contribution in [3.8, 4) is 0 Å². The predicted molar refractivity (Wildman–Crippen MR) is 38.5 cm³/mol. The molecule has 10 heavy (non-hydrogen) atoms. The van der Waals surface area contributed by atoms with Crippen molar-refractivity contribution >= 4 is 5.82 Å². The zero-order chi connectivity index (χ0) is 6.97. The van der Waals surface area contributed by atoms with Gasteiger partial charge in [-0.1, -0.05) is 0 Å². The molecule has 0 amide bonds. The average molecular weight is 138 g/mol. The van der Waals surface area contributed by atoms with Crippen molar-refractivity contribution in [2.24, 2.45) is 0 Å². The van der Waals surface area contributed by atoms with Crippen molar-refractivity contribution < 1.29 is 0 Å². The predicted octanol–water partition coefficient (Wildman–Crippen LogP) is 0.225. The van der Waals surface area contributed by atoms with Gasteiger partial charge in [0.15, 0.2) is 0 Å². The number of hydrogen-bond acceptors (Lipinski definition) is 3. The maximum atomic E-state index is 4.10. The fraction of sp³-hybridized carbons (Fsp3) is 0.500. The lowest BCUT2D eigenvalue weighted by Crippen LogP contribution is -2.29. The molecule has 1 aliphatic rings. The first-order chi connectivity index (χ1) is 4.86. The van der Waals surface area contributed by atoms with E-state index in [4.69, 9.17) is 0 Å². The van der Waals surface area contributed by atoms with Crippen molar-refractivity contribution in [3.63, 3.8) is 0 Å². The van der Waals surface area contributed by atoms with E-state index in [0.717, 1.165) is 19.0 Å². The number of H-pyrrole nitrogens is 1. The van der Waals surface area contributed by atoms with Gasteiger partial charge in [0.1, 0.15) is 5.82 Å². The summed E-state index contributed by atoms with van der Waals surface area (Å²) in [7, 11) is 2.07. The van der Waals surface area contributed by atoms with Crippen LogP contribution in [0.5, 0.6) is 0 Å². The van der Waals surface area contributed by atoms with Crippen LogP contribution >= 0.6 is 0 Å². The van der Waals surface area contributed by atoms with Gasteiger partial charge in [-0.25, -0.2) is 4.98 Å². The molecule has 1 aromatic rings. The number of aromatic nitrogens is 2. The number of nitrogens with zero attached hydrogens (tertiary/aromatic N) is 2. The summed E-state index contributed by atoms with van der Waals surface area (Å²) in [6, 6.07) is 0. The second kappa shape index (κ2) is 1.98. The lowest BCUT2D eigenvalue weighted by molar-refractivity contribution is 0.335. The second-order valence-corrected chi connectivity index (χ2v) is 2.58. The van der Waals surface area contributed by atoms with Crippen LogP contribution in [0, 0.1) is 0 Å². The maximum Gasteiger partial charge on any atom is 0.149 e. The van der Waals surface area contributed by atoms with Gasteiger partial charge in [0.2, 0.25) is 0 Å². The Labute approximate surface area is 59.3 Å². The monoisotopic (exact) mass is 138 g/mol. The van der Waals surface area contributed by atoms with Crippen LogP contribution in [0.15, 0.2) is 6.33 Å². The molecule has 0 saturated heterocycles. The summed E-state index contributed by atoms with van der Waals surface area (Å²) in [5.74, 6) is 0.998. The molecule has 0 fully saturated rings. The van der Waals surface area contributed by atoms with Gasteiger partial charge in [0, 0.05) is 6.54 Å². The number of aromatic amines is 1. The van der Waals surface area contributed by atoms with Gasteiger partial charge in [-0.15, -0.1) is 0 Å². The summed E-state index contributed by atoms with van der Waals surface area (Å²) in [5, 5.41) is 3.18. The van der Waals surface area contributed by atoms with E-state index >= 15 is 0 Å². The Morgan fingerprint density at radius 3 is 3.50 bits per heavy atom. The topological polar surface area (TPSA) is 44.0 Å². The van der Waals surface area contributed by atoms with Gasteiger partial charge in [-0.05, 0) is 7.05 Å². The van der Waals surface area contributed by atoms with Gasteiger partial charge in [0.05, 0.1) is 18.7 Å². The number of hydrogen-bond donors (Lipinski definition) is 2. The third-order valence-corrected chi connectivity index (χ3v) is 1.66. The van der Waals surface area contributed by atoms with Crippen molar-refractivity contribution in [1.29, 1.82) is 0 Å². The summed E-state index contributed by atoms with van der Waals surface area (Å²) in [4.78, 5) is 9.35. The zero-order valence-corrected chi connectivity index (χ0v) is 5.89. The largest absolute Gasteiger partial charge is 0.356 e. The first kappa shape index (κ1) is 5.73. The summed E-state index contributed by atoms with van der Waals surface area (Å²) >= 11 is 0. The summed E-state index contributed by atoms with van der Waals surface area (Å²) in [6.07, 6.45) is 1.72. The first-order valence-electron chi connectivity index (χ1n) is 3.31. The SMILES string of the molecule is CN1CNc2nc[nH]c2C1. The molecule has 1 aromatic heterocycles. The molecule has 0 unspecified atom stereocenters. The Hall–Kier alpha value is -1.03. The fourth-order valence-electron chi connectivity index (χ4n) is 1.13. The molecule has 2 rings (SSSR count). The molecular formula is C6H10N4. The van der Waals surface area contributed by atoms with Crippen molar-refractivity contribution in [2.45, 2.75) is 6.54 Å². The quantitative estimate of drug-likeness (QED) is 0.539. The molecule has 4 nitrogen and oxygen atoms in total. The van der Waals surface area contributed by atoms with Crippen LogP contribution in [0.25, 0.3) is 0 Å². The Morgan fingerprint density at radius 1 is 1.70 bits per heavy atom. The van der Waals surface area contributed by atoms with Crippen LogP contribution in [0.1, 0.15) is 5.69 Å². The highest BCUT2D eigenvalue weighted by atomic mass is 15.3. The second-order valence-electron chi connectivity index (χ2n) is 2.58. The van der Waals surface area contributed by atoms with E-state index in [1.165, 1.54) is 5.69 Å². The van der Waals surface area contributed by atoms with Crippen LogP contribution in [-0.2, 0) is 6.54 Å². The van der Waals surface area contributed by atoms with E-state index < -0.39 is 0 Å². The van der Waals surface area contributed by atoms with Crippen LogP contribution in [-0.4, -0.2) is 28.6 Å². The number of rotatable bonds is 0. The molecule has 1 aliphatic heterocycles. The maximum absolute atomic E-state index is 4.10. The molecule has 4 heteroatoms. The van der Waals surface area contributed by atoms with Crippen LogP contribution < -0.4 is 5.32 Å². The highest BCUT2D eigenvalue weighted by Crippen LogP contribution is 2.15. The van der Waals surface area contributed by atoms with Crippen molar-refractivity contribution in [1.82, 2.24) is 14.9 Å². The molecule has 0 atom stereocenters. The van der Waals surface area contributed by atoms with Gasteiger partial charge in [-0.3, -0.25) is 4.90 Å². The van der Waals surface area contributed by atoms with Crippen LogP contribution in [0.2, 0.25) is 0 Å². The lowest BCUT2D eigenvalue weighted by Gasteiger charge is -2.22. The Bertz CT molecular complexity index is 229. The van der Waals surface area contributed by atoms with Gasteiger partial charge >= 0.3 is 0 Å². The summed E-state index contributed by atoms with van der Waals surface area (Å²) < 4.78 is 0. The molecule has 0 aliphatic carbocycles. The number of nitrogens with one attached hydrogen (secondary N) is 2. The minimum absolute atomic E-state index is 0.887. The minimum Gasteiger partial charge on any atom is -0.356 e. The fourth-order valence-corrected chi connectivity index (χ4v) is 1.13. The van der Waals surface area contributed by atoms with Gasteiger partial charge in [0.25, 0.3) is 0 Å². The van der Waals surface area contributed by atoms with E-state index in [1.807, 2.05) is 0 Å². The molecule has 0 aromatic carbocycles. The van der Waals surface area contributed by atoms with E-state index in [1.54, 1.807) is 6.33 Å². The molecular weight excluding hydrogens is 128 g/mol. The van der Waals surface area contributed by atoms with E-state index in [0.29, 0.717) is 0 Å². The smallest absolute Gasteiger partial charge is 0.149 e. The minimum atomic E-state index is 0.887. The average Bonchev–Trinajstić information content (AvgIpc) is 2.33. The molecule has 2 heterocycles. The van der Waals surface area contributed by atoms with E-state index in [-0.39, 0.29) is 0 Å². The first-order valence-corrected chi connectivity index (χ1v) is 3.31. The molecule has 0 saturated carbocycles. The standard InChI is InChI=1S/C6H10N4/c1-10-2-5-6(9-4-10)8-3-7-5/h3,9H,2,4H2,1H3,(H,7,8). The molecule has 54 valence electrons. The zero-order valence-electron chi connectivity index (χ0n) is 5.89. The van der Waals surface area contributed by atoms with E-state index in [9.17, 15) is 0 Å². The van der Waals surface area contributed by atoms with Crippen LogP contribution in [0.3, 0.4) is 0 Å². The Balaban J connectivity index is 2.30. The highest BCUT2D eigenvalue weighted by molar-refractivity contribution is 5.41. The Morgan fingerprint density at radius 2 is 2.60 bits per heavy atom. The third-order valence-electron chi connectivity index (χ3n) is 1.66. The highest BCUT2D eigenvalue weighted by Gasteiger charge is 2.12. The number of fused-ring (bicyclic) bond motifs is 1. The van der Waals surface area contributed by atoms with Gasteiger partial charge in [-0.2, -0.15) is 0 Å². The summed E-state index contributed by atoms with van der Waals surface area (Å²) in [6.45, 7) is 1.85. The number of imidazole rings is 1. The van der Waals surface area contributed by atoms with Crippen molar-refractivity contribution in [2.75, 3.05) is 19.0 Å². The lowest BCUT2D eigenvalue weighted by atomic mass is 10.3. The molecule has 0 spiro atoms. The van der Waals surface area contributed by atoms with Gasteiger partial charge < -0.3 is 10.3 Å². The number of anilines is 1. The molecule has 2 N–H and O–H groups in total. The molecule has 0 bridgehead atoms. The third kappa shape index (κ3) is 0.769. The van der Waals surface area contributed by atoms with Crippen LogP contribution in [0.4, 0.5) is 5.82 Å². The Kier molecular flexibility index (Phi) is 1.14. The van der Waals surface area contributed by atoms with E-state index in [2.05, 4.69) is 27.2 Å². The summed E-state index contributed by atoms with van der Waals surface area (Å²) in [5.41, 5.74) is 1.17. The molecule has 0 radical (unpaired) electrons.